The standard InChI is InChI=1S/C11H17NO3S2/c1-11(3-2-4-11)8-12-17(14,15)10-5-9(6-13)16-7-10/h5,7,12-13H,2-4,6,8H2,1H3. The second-order valence-corrected chi connectivity index (χ2v) is 7.66. The van der Waals surface area contributed by atoms with Crippen LogP contribution in [0.25, 0.3) is 0 Å². The highest BCUT2D eigenvalue weighted by Gasteiger charge is 2.33. The first-order chi connectivity index (χ1) is 7.95. The molecule has 6 heteroatoms. The fraction of sp³-hybridized carbons (Fsp3) is 0.636. The number of aliphatic hydroxyl groups excluding tert-OH is 1. The summed E-state index contributed by atoms with van der Waals surface area (Å²) >= 11 is 1.26. The van der Waals surface area contributed by atoms with Crippen LogP contribution in [0, 0.1) is 5.41 Å². The Kier molecular flexibility index (Phi) is 3.58. The molecule has 17 heavy (non-hydrogen) atoms. The van der Waals surface area contributed by atoms with Crippen LogP contribution >= 0.6 is 11.3 Å². The Labute approximate surface area is 106 Å². The molecule has 96 valence electrons. The molecule has 0 bridgehead atoms. The number of thiophene rings is 1. The molecule has 1 heterocycles. The maximum absolute atomic E-state index is 12.0. The van der Waals surface area contributed by atoms with Gasteiger partial charge in [-0.05, 0) is 24.3 Å². The van der Waals surface area contributed by atoms with E-state index in [1.807, 2.05) is 0 Å². The Hall–Kier alpha value is -0.430. The van der Waals surface area contributed by atoms with Gasteiger partial charge in [0.05, 0.1) is 11.5 Å². The van der Waals surface area contributed by atoms with Crippen LogP contribution in [0.3, 0.4) is 0 Å². The third kappa shape index (κ3) is 2.88. The smallest absolute Gasteiger partial charge is 0.241 e. The van der Waals surface area contributed by atoms with E-state index in [1.165, 1.54) is 23.8 Å². The molecule has 4 nitrogen and oxygen atoms in total. The minimum absolute atomic E-state index is 0.113. The summed E-state index contributed by atoms with van der Waals surface area (Å²) in [4.78, 5) is 0.926. The van der Waals surface area contributed by atoms with Crippen molar-refractivity contribution in [1.82, 2.24) is 4.72 Å². The summed E-state index contributed by atoms with van der Waals surface area (Å²) in [5.74, 6) is 0. The van der Waals surface area contributed by atoms with Gasteiger partial charge in [-0.3, -0.25) is 0 Å². The molecule has 1 aromatic heterocycles. The first kappa shape index (κ1) is 13.0. The lowest BCUT2D eigenvalue weighted by atomic mass is 9.71. The van der Waals surface area contributed by atoms with E-state index in [0.717, 1.165) is 12.8 Å². The van der Waals surface area contributed by atoms with Gasteiger partial charge in [0, 0.05) is 16.8 Å². The molecule has 2 N–H and O–H groups in total. The average molecular weight is 275 g/mol. The van der Waals surface area contributed by atoms with E-state index in [9.17, 15) is 8.42 Å². The van der Waals surface area contributed by atoms with Crippen molar-refractivity contribution >= 4 is 21.4 Å². The van der Waals surface area contributed by atoms with Crippen LogP contribution in [-0.4, -0.2) is 20.1 Å². The third-order valence-corrected chi connectivity index (χ3v) is 5.80. The molecule has 1 aliphatic carbocycles. The monoisotopic (exact) mass is 275 g/mol. The SMILES string of the molecule is CC1(CNS(=O)(=O)c2csc(CO)c2)CCC1. The molecular weight excluding hydrogens is 258 g/mol. The number of hydrogen-bond donors (Lipinski definition) is 2. The van der Waals surface area contributed by atoms with Crippen LogP contribution in [0.15, 0.2) is 16.3 Å². The van der Waals surface area contributed by atoms with E-state index >= 15 is 0 Å². The van der Waals surface area contributed by atoms with Gasteiger partial charge in [-0.1, -0.05) is 13.3 Å². The molecule has 1 fully saturated rings. The largest absolute Gasteiger partial charge is 0.391 e. The summed E-state index contributed by atoms with van der Waals surface area (Å²) in [7, 11) is -3.41. The Balaban J connectivity index is 2.03. The van der Waals surface area contributed by atoms with Crippen molar-refractivity contribution in [2.75, 3.05) is 6.54 Å². The Morgan fingerprint density at radius 3 is 2.71 bits per heavy atom. The van der Waals surface area contributed by atoms with Crippen molar-refractivity contribution in [2.24, 2.45) is 5.41 Å². The molecule has 0 amide bonds. The summed E-state index contributed by atoms with van der Waals surface area (Å²) < 4.78 is 26.6. The van der Waals surface area contributed by atoms with Crippen molar-refractivity contribution in [1.29, 1.82) is 0 Å². The first-order valence-corrected chi connectivity index (χ1v) is 7.99. The Morgan fingerprint density at radius 1 is 1.53 bits per heavy atom. The van der Waals surface area contributed by atoms with Crippen LogP contribution in [0.1, 0.15) is 31.1 Å². The molecule has 0 aliphatic heterocycles. The van der Waals surface area contributed by atoms with Crippen LogP contribution in [0.4, 0.5) is 0 Å². The number of sulfonamides is 1. The summed E-state index contributed by atoms with van der Waals surface area (Å²) in [6, 6.07) is 1.52. The van der Waals surface area contributed by atoms with E-state index in [2.05, 4.69) is 11.6 Å². The molecule has 2 rings (SSSR count). The minimum atomic E-state index is -3.41. The number of hydrogen-bond acceptors (Lipinski definition) is 4. The molecule has 1 aliphatic rings. The van der Waals surface area contributed by atoms with Gasteiger partial charge >= 0.3 is 0 Å². The highest BCUT2D eigenvalue weighted by atomic mass is 32.2. The van der Waals surface area contributed by atoms with E-state index in [-0.39, 0.29) is 16.9 Å². The summed E-state index contributed by atoms with van der Waals surface area (Å²) in [5, 5.41) is 10.5. The lowest BCUT2D eigenvalue weighted by Crippen LogP contribution is -2.39. The van der Waals surface area contributed by atoms with Crippen molar-refractivity contribution in [3.05, 3.63) is 16.3 Å². The topological polar surface area (TPSA) is 66.4 Å². The van der Waals surface area contributed by atoms with Gasteiger partial charge in [0.2, 0.25) is 10.0 Å². The zero-order valence-electron chi connectivity index (χ0n) is 9.77. The zero-order valence-corrected chi connectivity index (χ0v) is 11.4. The van der Waals surface area contributed by atoms with Crippen molar-refractivity contribution in [3.63, 3.8) is 0 Å². The molecule has 1 saturated carbocycles. The quantitative estimate of drug-likeness (QED) is 0.859. The lowest BCUT2D eigenvalue weighted by Gasteiger charge is -2.38. The lowest BCUT2D eigenvalue weighted by molar-refractivity contribution is 0.166. The molecule has 0 spiro atoms. The fourth-order valence-electron chi connectivity index (χ4n) is 1.89. The van der Waals surface area contributed by atoms with Crippen molar-refractivity contribution in [2.45, 2.75) is 37.7 Å². The Bertz CT molecular complexity index is 489. The molecule has 0 saturated heterocycles. The fourth-order valence-corrected chi connectivity index (χ4v) is 4.23. The van der Waals surface area contributed by atoms with E-state index in [0.29, 0.717) is 11.4 Å². The average Bonchev–Trinajstić information content (AvgIpc) is 2.73. The third-order valence-electron chi connectivity index (χ3n) is 3.35. The Morgan fingerprint density at radius 2 is 2.24 bits per heavy atom. The summed E-state index contributed by atoms with van der Waals surface area (Å²) in [6.45, 7) is 2.49. The molecular formula is C11H17NO3S2. The number of aliphatic hydroxyl groups is 1. The highest BCUT2D eigenvalue weighted by Crippen LogP contribution is 2.39. The van der Waals surface area contributed by atoms with Gasteiger partial charge < -0.3 is 5.11 Å². The predicted molar refractivity (Wildman–Crippen MR) is 67.4 cm³/mol. The second-order valence-electron chi connectivity index (χ2n) is 4.90. The molecule has 0 radical (unpaired) electrons. The van der Waals surface area contributed by atoms with Gasteiger partial charge in [-0.15, -0.1) is 11.3 Å². The van der Waals surface area contributed by atoms with Gasteiger partial charge in [0.25, 0.3) is 0 Å². The van der Waals surface area contributed by atoms with E-state index < -0.39 is 10.0 Å². The molecule has 0 atom stereocenters. The maximum Gasteiger partial charge on any atom is 0.241 e. The van der Waals surface area contributed by atoms with Crippen molar-refractivity contribution < 1.29 is 13.5 Å². The molecule has 1 aromatic rings. The van der Waals surface area contributed by atoms with Crippen LogP contribution in [0.2, 0.25) is 0 Å². The first-order valence-electron chi connectivity index (χ1n) is 5.63. The van der Waals surface area contributed by atoms with E-state index in [4.69, 9.17) is 5.11 Å². The van der Waals surface area contributed by atoms with E-state index in [1.54, 1.807) is 5.38 Å². The molecule has 0 unspecified atom stereocenters. The minimum Gasteiger partial charge on any atom is -0.391 e. The second kappa shape index (κ2) is 4.68. The van der Waals surface area contributed by atoms with Crippen LogP contribution in [-0.2, 0) is 16.6 Å². The number of nitrogens with one attached hydrogen (secondary N) is 1. The van der Waals surface area contributed by atoms with Crippen molar-refractivity contribution in [3.8, 4) is 0 Å². The van der Waals surface area contributed by atoms with Gasteiger partial charge in [0.1, 0.15) is 0 Å². The van der Waals surface area contributed by atoms with Gasteiger partial charge in [-0.25, -0.2) is 13.1 Å². The van der Waals surface area contributed by atoms with Gasteiger partial charge in [-0.2, -0.15) is 0 Å². The van der Waals surface area contributed by atoms with Crippen LogP contribution in [0.5, 0.6) is 0 Å². The summed E-state index contributed by atoms with van der Waals surface area (Å²) in [6.07, 6.45) is 3.35. The van der Waals surface area contributed by atoms with Crippen LogP contribution < -0.4 is 4.72 Å². The summed E-state index contributed by atoms with van der Waals surface area (Å²) in [5.41, 5.74) is 0.128. The zero-order chi connectivity index (χ0) is 12.5. The maximum atomic E-state index is 12.0. The normalized spacial score (nSPS) is 18.9. The number of rotatable bonds is 5. The highest BCUT2D eigenvalue weighted by molar-refractivity contribution is 7.89. The van der Waals surface area contributed by atoms with Gasteiger partial charge in [0.15, 0.2) is 0 Å². The molecule has 0 aromatic carbocycles. The predicted octanol–water partition coefficient (Wildman–Crippen LogP) is 1.71.